The third-order valence-electron chi connectivity index (χ3n) is 9.51. The lowest BCUT2D eigenvalue weighted by atomic mass is 9.49. The predicted molar refractivity (Wildman–Crippen MR) is 107 cm³/mol. The van der Waals surface area contributed by atoms with Crippen LogP contribution in [0.5, 0.6) is 0 Å². The minimum absolute atomic E-state index is 0.104. The maximum absolute atomic E-state index is 13.3. The predicted octanol–water partition coefficient (Wildman–Crippen LogP) is 3.82. The molecule has 1 aromatic heterocycles. The molecule has 6 heteroatoms. The van der Waals surface area contributed by atoms with E-state index in [1.807, 2.05) is 0 Å². The molecule has 4 aliphatic rings. The number of halogens is 1. The highest BCUT2D eigenvalue weighted by Crippen LogP contribution is 2.64. The number of carbonyl (C=O) groups is 1. The van der Waals surface area contributed by atoms with Gasteiger partial charge in [-0.05, 0) is 92.8 Å². The first-order chi connectivity index (χ1) is 13.9. The summed E-state index contributed by atoms with van der Waals surface area (Å²) >= 11 is 0. The van der Waals surface area contributed by atoms with Gasteiger partial charge in [0.2, 0.25) is 0 Å². The van der Waals surface area contributed by atoms with E-state index in [1.165, 1.54) is 17.6 Å². The van der Waals surface area contributed by atoms with E-state index in [1.54, 1.807) is 12.4 Å². The van der Waals surface area contributed by atoms with Gasteiger partial charge >= 0.3 is 0 Å². The van der Waals surface area contributed by atoms with Gasteiger partial charge < -0.3 is 5.11 Å². The largest absolute Gasteiger partial charge is 0.387 e. The molecule has 0 saturated heterocycles. The molecule has 4 fully saturated rings. The Morgan fingerprint density at radius 2 is 1.83 bits per heavy atom. The van der Waals surface area contributed by atoms with Crippen LogP contribution in [0.1, 0.15) is 64.7 Å². The highest BCUT2D eigenvalue weighted by molar-refractivity contribution is 5.81. The Balaban J connectivity index is 1.31. The maximum Gasteiger partial charge on any atom is 0.159 e. The third kappa shape index (κ3) is 3.17. The van der Waals surface area contributed by atoms with Crippen molar-refractivity contribution in [2.24, 2.45) is 40.9 Å². The van der Waals surface area contributed by atoms with Crippen LogP contribution in [-0.2, 0) is 11.3 Å². The fourth-order valence-electron chi connectivity index (χ4n) is 8.19. The summed E-state index contributed by atoms with van der Waals surface area (Å²) in [5, 5.41) is 18.7. The van der Waals surface area contributed by atoms with E-state index in [0.717, 1.165) is 32.1 Å². The van der Waals surface area contributed by atoms with E-state index in [0.29, 0.717) is 54.8 Å². The summed E-state index contributed by atoms with van der Waals surface area (Å²) in [6, 6.07) is 0. The molecular formula is C23H34FN3O2. The number of hydrogen-bond donors (Lipinski definition) is 1. The quantitative estimate of drug-likeness (QED) is 0.830. The van der Waals surface area contributed by atoms with Crippen LogP contribution in [0.15, 0.2) is 12.4 Å². The van der Waals surface area contributed by atoms with Gasteiger partial charge in [-0.1, -0.05) is 6.92 Å². The highest BCUT2D eigenvalue weighted by Gasteiger charge is 2.59. The summed E-state index contributed by atoms with van der Waals surface area (Å²) < 4.78 is 13.3. The van der Waals surface area contributed by atoms with Crippen molar-refractivity contribution in [2.45, 2.75) is 76.9 Å². The van der Waals surface area contributed by atoms with Crippen molar-refractivity contribution < 1.29 is 14.3 Å². The third-order valence-corrected chi connectivity index (χ3v) is 9.51. The minimum Gasteiger partial charge on any atom is -0.387 e. The second-order valence-corrected chi connectivity index (χ2v) is 10.7. The molecule has 0 aliphatic heterocycles. The fourth-order valence-corrected chi connectivity index (χ4v) is 8.19. The van der Waals surface area contributed by atoms with Crippen LogP contribution in [0.2, 0.25) is 0 Å². The summed E-state index contributed by atoms with van der Waals surface area (Å²) in [6.07, 6.45) is 12.3. The van der Waals surface area contributed by atoms with E-state index < -0.39 is 12.3 Å². The van der Waals surface area contributed by atoms with Crippen molar-refractivity contribution in [1.82, 2.24) is 15.0 Å². The molecule has 0 amide bonds. The molecule has 0 bridgehead atoms. The average Bonchev–Trinajstić information content (AvgIpc) is 3.34. The van der Waals surface area contributed by atoms with Gasteiger partial charge in [0.1, 0.15) is 13.2 Å². The SMILES string of the molecule is CC12CCC3C4CCC(O)(CF)CC4CCC3C1CCC2C(=O)Cn1nccn1. The van der Waals surface area contributed by atoms with E-state index in [-0.39, 0.29) is 11.3 Å². The second kappa shape index (κ2) is 7.14. The van der Waals surface area contributed by atoms with Crippen molar-refractivity contribution in [2.75, 3.05) is 6.67 Å². The van der Waals surface area contributed by atoms with Crippen LogP contribution < -0.4 is 0 Å². The lowest BCUT2D eigenvalue weighted by Gasteiger charge is -2.56. The van der Waals surface area contributed by atoms with Gasteiger partial charge in [0.05, 0.1) is 18.0 Å². The summed E-state index contributed by atoms with van der Waals surface area (Å²) in [6.45, 7) is 2.06. The average molecular weight is 404 g/mol. The van der Waals surface area contributed by atoms with Crippen LogP contribution in [0.25, 0.3) is 0 Å². The zero-order valence-corrected chi connectivity index (χ0v) is 17.5. The second-order valence-electron chi connectivity index (χ2n) is 10.7. The van der Waals surface area contributed by atoms with Crippen LogP contribution >= 0.6 is 0 Å². The molecule has 5 nitrogen and oxygen atoms in total. The lowest BCUT2D eigenvalue weighted by molar-refractivity contribution is -0.134. The molecule has 8 unspecified atom stereocenters. The number of Topliss-reactive ketones (excluding diaryl/α,β-unsaturated/α-hetero) is 1. The normalized spacial score (nSPS) is 46.6. The topological polar surface area (TPSA) is 68.0 Å². The van der Waals surface area contributed by atoms with Crippen molar-refractivity contribution in [3.63, 3.8) is 0 Å². The highest BCUT2D eigenvalue weighted by atomic mass is 19.1. The number of aromatic nitrogens is 3. The summed E-state index contributed by atoms with van der Waals surface area (Å²) in [7, 11) is 0. The van der Waals surface area contributed by atoms with Crippen molar-refractivity contribution >= 4 is 5.78 Å². The first-order valence-electron chi connectivity index (χ1n) is 11.6. The number of rotatable bonds is 4. The Hall–Kier alpha value is -1.30. The number of nitrogens with zero attached hydrogens (tertiary/aromatic N) is 3. The van der Waals surface area contributed by atoms with Gasteiger partial charge in [0, 0.05) is 5.92 Å². The first kappa shape index (κ1) is 19.7. The van der Waals surface area contributed by atoms with Crippen molar-refractivity contribution in [3.8, 4) is 0 Å². The van der Waals surface area contributed by atoms with Crippen molar-refractivity contribution in [3.05, 3.63) is 12.4 Å². The molecule has 8 atom stereocenters. The number of aliphatic hydroxyl groups is 1. The molecule has 0 aromatic carbocycles. The Morgan fingerprint density at radius 3 is 2.59 bits per heavy atom. The van der Waals surface area contributed by atoms with Crippen LogP contribution in [0.4, 0.5) is 4.39 Å². The number of carbonyl (C=O) groups excluding carboxylic acids is 1. The molecular weight excluding hydrogens is 369 g/mol. The van der Waals surface area contributed by atoms with Crippen LogP contribution in [0.3, 0.4) is 0 Å². The first-order valence-corrected chi connectivity index (χ1v) is 11.6. The van der Waals surface area contributed by atoms with Crippen molar-refractivity contribution in [1.29, 1.82) is 0 Å². The zero-order chi connectivity index (χ0) is 20.2. The van der Waals surface area contributed by atoms with Gasteiger partial charge in [0.25, 0.3) is 0 Å². The standard InChI is InChI=1S/C23H34FN3O2/c1-22-8-6-17-16-7-9-23(29,14-24)12-15(16)2-3-18(17)19(22)4-5-20(22)21(28)13-27-25-10-11-26-27/h10-11,15-20,29H,2-9,12-14H2,1H3. The summed E-state index contributed by atoms with van der Waals surface area (Å²) in [5.74, 6) is 3.59. The Kier molecular flexibility index (Phi) is 4.84. The smallest absolute Gasteiger partial charge is 0.159 e. The van der Waals surface area contributed by atoms with Crippen LogP contribution in [0, 0.1) is 40.9 Å². The number of fused-ring (bicyclic) bond motifs is 5. The molecule has 29 heavy (non-hydrogen) atoms. The van der Waals surface area contributed by atoms with E-state index in [2.05, 4.69) is 17.1 Å². The fraction of sp³-hybridized carbons (Fsp3) is 0.870. The lowest BCUT2D eigenvalue weighted by Crippen LogP contribution is -2.52. The minimum atomic E-state index is -1.07. The molecule has 1 N–H and O–H groups in total. The van der Waals surface area contributed by atoms with E-state index in [9.17, 15) is 14.3 Å². The monoisotopic (exact) mass is 403 g/mol. The molecule has 0 radical (unpaired) electrons. The molecule has 4 saturated carbocycles. The van der Waals surface area contributed by atoms with Gasteiger partial charge in [0.15, 0.2) is 5.78 Å². The molecule has 0 spiro atoms. The summed E-state index contributed by atoms with van der Waals surface area (Å²) in [5.41, 5.74) is -0.963. The zero-order valence-electron chi connectivity index (χ0n) is 17.5. The van der Waals surface area contributed by atoms with Gasteiger partial charge in [-0.15, -0.1) is 0 Å². The van der Waals surface area contributed by atoms with E-state index in [4.69, 9.17) is 0 Å². The van der Waals surface area contributed by atoms with Gasteiger partial charge in [-0.25, -0.2) is 4.39 Å². The Morgan fingerprint density at radius 1 is 1.07 bits per heavy atom. The number of alkyl halides is 1. The van der Waals surface area contributed by atoms with E-state index >= 15 is 0 Å². The van der Waals surface area contributed by atoms with Gasteiger partial charge in [-0.3, -0.25) is 4.79 Å². The number of ketones is 1. The Bertz CT molecular complexity index is 755. The Labute approximate surface area is 172 Å². The van der Waals surface area contributed by atoms with Gasteiger partial charge in [-0.2, -0.15) is 15.0 Å². The maximum atomic E-state index is 13.3. The summed E-state index contributed by atoms with van der Waals surface area (Å²) in [4.78, 5) is 14.6. The molecule has 160 valence electrons. The molecule has 1 heterocycles. The molecule has 1 aromatic rings. The van der Waals surface area contributed by atoms with Crippen LogP contribution in [-0.4, -0.2) is 38.2 Å². The molecule has 4 aliphatic carbocycles. The number of hydrogen-bond acceptors (Lipinski definition) is 4. The molecule has 5 rings (SSSR count).